The van der Waals surface area contributed by atoms with E-state index in [1.165, 1.54) is 28.8 Å². The summed E-state index contributed by atoms with van der Waals surface area (Å²) in [5.41, 5.74) is 1.29. The number of aromatic hydroxyl groups is 1. The highest BCUT2D eigenvalue weighted by atomic mass is 127. The molecule has 0 unspecified atom stereocenters. The van der Waals surface area contributed by atoms with Gasteiger partial charge in [-0.3, -0.25) is 9.69 Å². The van der Waals surface area contributed by atoms with Gasteiger partial charge in [0.2, 0.25) is 0 Å². The molecule has 2 aromatic rings. The van der Waals surface area contributed by atoms with E-state index in [0.717, 1.165) is 0 Å². The summed E-state index contributed by atoms with van der Waals surface area (Å²) in [5.74, 6) is -0.834. The number of benzene rings is 2. The van der Waals surface area contributed by atoms with Crippen molar-refractivity contribution < 1.29 is 24.5 Å². The molecule has 3 rings (SSSR count). The number of hydrogen-bond donors (Lipinski definition) is 2. The van der Waals surface area contributed by atoms with E-state index in [9.17, 15) is 14.7 Å². The molecule has 1 saturated heterocycles. The summed E-state index contributed by atoms with van der Waals surface area (Å²) >= 11 is 3.20. The van der Waals surface area contributed by atoms with Crippen LogP contribution in [0.3, 0.4) is 0 Å². The van der Waals surface area contributed by atoms with E-state index >= 15 is 0 Å². The molecule has 1 aliphatic rings. The minimum atomic E-state index is -1.04. The van der Waals surface area contributed by atoms with Gasteiger partial charge in [0.1, 0.15) is 0 Å². The molecule has 2 aromatic carbocycles. The molecule has 0 atom stereocenters. The predicted octanol–water partition coefficient (Wildman–Crippen LogP) is 4.33. The van der Waals surface area contributed by atoms with E-state index in [1.807, 2.05) is 29.5 Å². The first kappa shape index (κ1) is 21.2. The van der Waals surface area contributed by atoms with E-state index in [2.05, 4.69) is 4.99 Å². The van der Waals surface area contributed by atoms with Crippen molar-refractivity contribution in [2.24, 2.45) is 4.99 Å². The number of nitrogens with zero attached hydrogens (tertiary/aromatic N) is 2. The Balaban J connectivity index is 1.93. The number of halogens is 1. The molecule has 0 radical (unpaired) electrons. The molecule has 7 nitrogen and oxygen atoms in total. The van der Waals surface area contributed by atoms with E-state index in [1.54, 1.807) is 37.4 Å². The summed E-state index contributed by atoms with van der Waals surface area (Å²) in [6.45, 7) is 2.23. The normalized spacial score (nSPS) is 16.7. The van der Waals surface area contributed by atoms with Gasteiger partial charge in [-0.2, -0.15) is 0 Å². The first-order valence-corrected chi connectivity index (χ1v) is 10.4. The molecule has 0 spiro atoms. The molecule has 1 amide bonds. The average molecular weight is 524 g/mol. The molecular formula is C20H17IN2O5S. The van der Waals surface area contributed by atoms with Crippen LogP contribution in [0.5, 0.6) is 11.5 Å². The number of aliphatic imine (C=N–C) groups is 1. The van der Waals surface area contributed by atoms with Gasteiger partial charge in [0, 0.05) is 7.05 Å². The van der Waals surface area contributed by atoms with Crippen LogP contribution >= 0.6 is 34.4 Å². The second kappa shape index (κ2) is 8.87. The van der Waals surface area contributed by atoms with Crippen LogP contribution in [0.1, 0.15) is 22.8 Å². The fraction of sp³-hybridized carbons (Fsp3) is 0.150. The topological polar surface area (TPSA) is 99.4 Å². The minimum Gasteiger partial charge on any atom is -0.504 e. The second-order valence-electron chi connectivity index (χ2n) is 6.01. The van der Waals surface area contributed by atoms with Crippen LogP contribution in [0.15, 0.2) is 46.3 Å². The standard InChI is InChI=1S/C20H17IN2O5S/c1-3-28-15-8-11(7-14(21)17(15)24)9-16-18(25)23(2)20(29-16)22-13-6-4-5-12(10-13)19(26)27/h4-10,24H,3H2,1-2H3,(H,26,27). The molecule has 1 aliphatic heterocycles. The number of rotatable bonds is 5. The maximum Gasteiger partial charge on any atom is 0.335 e. The second-order valence-corrected chi connectivity index (χ2v) is 8.18. The number of carboxylic acids is 1. The van der Waals surface area contributed by atoms with Gasteiger partial charge >= 0.3 is 5.97 Å². The number of carbonyl (C=O) groups excluding carboxylic acids is 1. The van der Waals surface area contributed by atoms with Gasteiger partial charge in [-0.05, 0) is 83.2 Å². The van der Waals surface area contributed by atoms with Crippen molar-refractivity contribution >= 4 is 63.2 Å². The van der Waals surface area contributed by atoms with Crippen LogP contribution in [-0.4, -0.2) is 45.8 Å². The van der Waals surface area contributed by atoms with Crippen molar-refractivity contribution in [3.8, 4) is 11.5 Å². The SMILES string of the molecule is CCOc1cc(C=C2SC(=Nc3cccc(C(=O)O)c3)N(C)C2=O)cc(I)c1O. The van der Waals surface area contributed by atoms with Crippen LogP contribution in [0.25, 0.3) is 6.08 Å². The number of hydrogen-bond acceptors (Lipinski definition) is 6. The summed E-state index contributed by atoms with van der Waals surface area (Å²) in [6, 6.07) is 9.65. The lowest BCUT2D eigenvalue weighted by molar-refractivity contribution is -0.121. The lowest BCUT2D eigenvalue weighted by Gasteiger charge is -2.09. The van der Waals surface area contributed by atoms with Crippen molar-refractivity contribution in [2.45, 2.75) is 6.92 Å². The lowest BCUT2D eigenvalue weighted by atomic mass is 10.2. The number of phenolic OH excluding ortho intramolecular Hbond substituents is 1. The van der Waals surface area contributed by atoms with Gasteiger partial charge < -0.3 is 14.9 Å². The zero-order chi connectivity index (χ0) is 21.1. The number of amidine groups is 1. The van der Waals surface area contributed by atoms with E-state index in [-0.39, 0.29) is 17.2 Å². The molecule has 9 heteroatoms. The van der Waals surface area contributed by atoms with Gasteiger partial charge in [-0.15, -0.1) is 0 Å². The van der Waals surface area contributed by atoms with Crippen molar-refractivity contribution in [1.82, 2.24) is 4.90 Å². The number of carbonyl (C=O) groups is 2. The van der Waals surface area contributed by atoms with Gasteiger partial charge in [0.25, 0.3) is 5.91 Å². The van der Waals surface area contributed by atoms with Crippen molar-refractivity contribution in [3.05, 3.63) is 56.0 Å². The van der Waals surface area contributed by atoms with Gasteiger partial charge in [-0.25, -0.2) is 9.79 Å². The molecule has 2 N–H and O–H groups in total. The van der Waals surface area contributed by atoms with Crippen LogP contribution in [0, 0.1) is 3.57 Å². The zero-order valence-corrected chi connectivity index (χ0v) is 18.5. The molecule has 0 aromatic heterocycles. The number of ether oxygens (including phenoxy) is 1. The molecule has 150 valence electrons. The monoisotopic (exact) mass is 524 g/mol. The Bertz CT molecular complexity index is 1050. The predicted molar refractivity (Wildman–Crippen MR) is 121 cm³/mol. The van der Waals surface area contributed by atoms with E-state index in [0.29, 0.717) is 37.3 Å². The Hall–Kier alpha value is -2.53. The fourth-order valence-corrected chi connectivity index (χ4v) is 4.18. The highest BCUT2D eigenvalue weighted by Crippen LogP contribution is 2.37. The number of phenols is 1. The van der Waals surface area contributed by atoms with Crippen LogP contribution in [0.4, 0.5) is 5.69 Å². The highest BCUT2D eigenvalue weighted by molar-refractivity contribution is 14.1. The first-order valence-electron chi connectivity index (χ1n) is 8.55. The highest BCUT2D eigenvalue weighted by Gasteiger charge is 2.30. The number of thioether (sulfide) groups is 1. The maximum absolute atomic E-state index is 12.6. The summed E-state index contributed by atoms with van der Waals surface area (Å²) in [7, 11) is 1.61. The van der Waals surface area contributed by atoms with Crippen LogP contribution in [0.2, 0.25) is 0 Å². The lowest BCUT2D eigenvalue weighted by Crippen LogP contribution is -2.23. The smallest absolute Gasteiger partial charge is 0.335 e. The maximum atomic E-state index is 12.6. The van der Waals surface area contributed by atoms with E-state index in [4.69, 9.17) is 9.84 Å². The summed E-state index contributed by atoms with van der Waals surface area (Å²) in [4.78, 5) is 30.1. The number of likely N-dealkylation sites (N-methyl/N-ethyl adjacent to an activating group) is 1. The van der Waals surface area contributed by atoms with Crippen LogP contribution < -0.4 is 4.74 Å². The van der Waals surface area contributed by atoms with E-state index < -0.39 is 5.97 Å². The number of amides is 1. The van der Waals surface area contributed by atoms with Crippen molar-refractivity contribution in [3.63, 3.8) is 0 Å². The largest absolute Gasteiger partial charge is 0.504 e. The van der Waals surface area contributed by atoms with Gasteiger partial charge in [0.05, 0.1) is 26.3 Å². The molecule has 1 heterocycles. The molecule has 1 fully saturated rings. The third-order valence-electron chi connectivity index (χ3n) is 3.97. The Morgan fingerprint density at radius 3 is 2.79 bits per heavy atom. The Labute approximate surface area is 185 Å². The Morgan fingerprint density at radius 1 is 1.34 bits per heavy atom. The van der Waals surface area contributed by atoms with Crippen LogP contribution in [-0.2, 0) is 4.79 Å². The Morgan fingerprint density at radius 2 is 2.10 bits per heavy atom. The summed E-state index contributed by atoms with van der Waals surface area (Å²) in [6.07, 6.45) is 1.71. The number of carboxylic acid groups (broad SMARTS) is 1. The molecule has 0 saturated carbocycles. The first-order chi connectivity index (χ1) is 13.8. The molecule has 29 heavy (non-hydrogen) atoms. The minimum absolute atomic E-state index is 0.0673. The number of aromatic carboxylic acids is 1. The van der Waals surface area contributed by atoms with Crippen molar-refractivity contribution in [2.75, 3.05) is 13.7 Å². The molecule has 0 aliphatic carbocycles. The molecular weight excluding hydrogens is 507 g/mol. The average Bonchev–Trinajstić information content (AvgIpc) is 2.94. The summed E-state index contributed by atoms with van der Waals surface area (Å²) < 4.78 is 6.06. The molecule has 0 bridgehead atoms. The zero-order valence-electron chi connectivity index (χ0n) is 15.5. The summed E-state index contributed by atoms with van der Waals surface area (Å²) in [5, 5.41) is 19.6. The van der Waals surface area contributed by atoms with Gasteiger partial charge in [0.15, 0.2) is 16.7 Å². The quantitative estimate of drug-likeness (QED) is 0.447. The Kier molecular flexibility index (Phi) is 6.48. The fourth-order valence-electron chi connectivity index (χ4n) is 2.56. The van der Waals surface area contributed by atoms with Crippen molar-refractivity contribution in [1.29, 1.82) is 0 Å². The third kappa shape index (κ3) is 4.73. The third-order valence-corrected chi connectivity index (χ3v) is 5.85. The van der Waals surface area contributed by atoms with Gasteiger partial charge in [-0.1, -0.05) is 6.07 Å².